The van der Waals surface area contributed by atoms with E-state index < -0.39 is 0 Å². The van der Waals surface area contributed by atoms with Crippen molar-refractivity contribution in [1.82, 2.24) is 0 Å². The summed E-state index contributed by atoms with van der Waals surface area (Å²) in [6.45, 7) is 2.21. The van der Waals surface area contributed by atoms with Gasteiger partial charge in [0.15, 0.2) is 0 Å². The maximum Gasteiger partial charge on any atom is 0.131 e. The van der Waals surface area contributed by atoms with Gasteiger partial charge in [-0.3, -0.25) is 0 Å². The Kier molecular flexibility index (Phi) is 5.88. The predicted octanol–water partition coefficient (Wildman–Crippen LogP) is 7.55. The summed E-state index contributed by atoms with van der Waals surface area (Å²) in [5.41, 5.74) is 4.68. The molecule has 0 aliphatic carbocycles. The first-order valence-electron chi connectivity index (χ1n) is 8.82. The van der Waals surface area contributed by atoms with Gasteiger partial charge in [0, 0.05) is 10.6 Å². The van der Waals surface area contributed by atoms with Crippen LogP contribution in [0.5, 0.6) is 0 Å². The summed E-state index contributed by atoms with van der Waals surface area (Å²) in [5, 5.41) is 0.680. The monoisotopic (exact) mass is 352 g/mol. The van der Waals surface area contributed by atoms with Crippen LogP contribution in [-0.4, -0.2) is 0 Å². The Labute approximate surface area is 154 Å². The van der Waals surface area contributed by atoms with Crippen LogP contribution in [0, 0.1) is 5.82 Å². The second-order valence-corrected chi connectivity index (χ2v) is 6.79. The topological polar surface area (TPSA) is 0 Å². The lowest BCUT2D eigenvalue weighted by molar-refractivity contribution is 0.632. The number of hydrogen-bond donors (Lipinski definition) is 0. The Morgan fingerprint density at radius 2 is 1.40 bits per heavy atom. The summed E-state index contributed by atoms with van der Waals surface area (Å²) < 4.78 is 14.6. The van der Waals surface area contributed by atoms with Crippen molar-refractivity contribution in [2.24, 2.45) is 0 Å². The Balaban J connectivity index is 1.79. The maximum absolute atomic E-state index is 14.6. The molecule has 0 aromatic heterocycles. The molecule has 0 aliphatic rings. The molecule has 0 spiro atoms. The third kappa shape index (κ3) is 4.49. The van der Waals surface area contributed by atoms with Crippen molar-refractivity contribution < 1.29 is 4.39 Å². The molecule has 0 N–H and O–H groups in total. The predicted molar refractivity (Wildman–Crippen MR) is 106 cm³/mol. The number of hydrogen-bond acceptors (Lipinski definition) is 0. The molecule has 25 heavy (non-hydrogen) atoms. The first kappa shape index (κ1) is 17.7. The van der Waals surface area contributed by atoms with E-state index in [1.54, 1.807) is 6.07 Å². The van der Waals surface area contributed by atoms with Crippen LogP contribution in [0.4, 0.5) is 4.39 Å². The fourth-order valence-electron chi connectivity index (χ4n) is 3.00. The lowest BCUT2D eigenvalue weighted by Gasteiger charge is -2.08. The highest BCUT2D eigenvalue weighted by Gasteiger charge is 2.08. The van der Waals surface area contributed by atoms with Gasteiger partial charge in [-0.2, -0.15) is 0 Å². The molecule has 3 aromatic carbocycles. The zero-order chi connectivity index (χ0) is 17.6. The summed E-state index contributed by atoms with van der Waals surface area (Å²) in [7, 11) is 0. The van der Waals surface area contributed by atoms with E-state index in [-0.39, 0.29) is 5.82 Å². The maximum atomic E-state index is 14.6. The normalized spacial score (nSPS) is 10.8. The van der Waals surface area contributed by atoms with Crippen LogP contribution in [-0.2, 0) is 6.42 Å². The molecule has 0 bridgehead atoms. The SMILES string of the molecule is CCCCCc1ccc(-c2ccc(-c3ccc(Cl)cc3)cc2F)cc1. The van der Waals surface area contributed by atoms with E-state index in [9.17, 15) is 4.39 Å². The van der Waals surface area contributed by atoms with Crippen LogP contribution >= 0.6 is 11.6 Å². The highest BCUT2D eigenvalue weighted by molar-refractivity contribution is 6.30. The van der Waals surface area contributed by atoms with Gasteiger partial charge in [0.25, 0.3) is 0 Å². The number of aryl methyl sites for hydroxylation is 1. The molecule has 3 rings (SSSR count). The van der Waals surface area contributed by atoms with Crippen molar-refractivity contribution in [3.8, 4) is 22.3 Å². The van der Waals surface area contributed by atoms with Crippen molar-refractivity contribution in [3.63, 3.8) is 0 Å². The smallest absolute Gasteiger partial charge is 0.131 e. The minimum atomic E-state index is -0.203. The van der Waals surface area contributed by atoms with Crippen LogP contribution in [0.3, 0.4) is 0 Å². The molecule has 0 unspecified atom stereocenters. The van der Waals surface area contributed by atoms with Crippen molar-refractivity contribution in [2.75, 3.05) is 0 Å². The minimum Gasteiger partial charge on any atom is -0.206 e. The molecular formula is C23H22ClF. The van der Waals surface area contributed by atoms with E-state index in [4.69, 9.17) is 11.6 Å². The third-order valence-corrected chi connectivity index (χ3v) is 4.73. The molecular weight excluding hydrogens is 331 g/mol. The van der Waals surface area contributed by atoms with Gasteiger partial charge < -0.3 is 0 Å². The Morgan fingerprint density at radius 3 is 2.04 bits per heavy atom. The second kappa shape index (κ2) is 8.31. The average Bonchev–Trinajstić information content (AvgIpc) is 2.63. The van der Waals surface area contributed by atoms with E-state index in [0.29, 0.717) is 10.6 Å². The van der Waals surface area contributed by atoms with Crippen LogP contribution < -0.4 is 0 Å². The van der Waals surface area contributed by atoms with Gasteiger partial charge >= 0.3 is 0 Å². The number of benzene rings is 3. The van der Waals surface area contributed by atoms with E-state index in [2.05, 4.69) is 19.1 Å². The van der Waals surface area contributed by atoms with E-state index in [1.165, 1.54) is 24.8 Å². The quantitative estimate of drug-likeness (QED) is 0.402. The average molecular weight is 353 g/mol. The molecule has 0 radical (unpaired) electrons. The molecule has 0 amide bonds. The standard InChI is InChI=1S/C23H22ClF/c1-2-3-4-5-17-6-8-19(9-7-17)22-15-12-20(16-23(22)25)18-10-13-21(24)14-11-18/h6-16H,2-5H2,1H3. The van der Waals surface area contributed by atoms with Crippen molar-refractivity contribution >= 4 is 11.6 Å². The Bertz CT molecular complexity index is 820. The van der Waals surface area contributed by atoms with Gasteiger partial charge in [-0.15, -0.1) is 0 Å². The molecule has 0 fully saturated rings. The van der Waals surface area contributed by atoms with Crippen molar-refractivity contribution in [2.45, 2.75) is 32.6 Å². The fourth-order valence-corrected chi connectivity index (χ4v) is 3.13. The molecule has 0 saturated heterocycles. The van der Waals surface area contributed by atoms with Gasteiger partial charge in [0.1, 0.15) is 5.82 Å². The van der Waals surface area contributed by atoms with Gasteiger partial charge in [-0.25, -0.2) is 4.39 Å². The molecule has 3 aromatic rings. The van der Waals surface area contributed by atoms with Crippen molar-refractivity contribution in [3.05, 3.63) is 83.1 Å². The fraction of sp³-hybridized carbons (Fsp3) is 0.217. The van der Waals surface area contributed by atoms with E-state index >= 15 is 0 Å². The van der Waals surface area contributed by atoms with Crippen molar-refractivity contribution in [1.29, 1.82) is 0 Å². The second-order valence-electron chi connectivity index (χ2n) is 6.36. The van der Waals surface area contributed by atoms with Gasteiger partial charge in [0.2, 0.25) is 0 Å². The van der Waals surface area contributed by atoms with E-state index in [1.807, 2.05) is 48.5 Å². The molecule has 0 nitrogen and oxygen atoms in total. The van der Waals surface area contributed by atoms with E-state index in [0.717, 1.165) is 23.1 Å². The highest BCUT2D eigenvalue weighted by atomic mass is 35.5. The number of rotatable bonds is 6. The van der Waals surface area contributed by atoms with Gasteiger partial charge in [-0.1, -0.05) is 79.9 Å². The van der Waals surface area contributed by atoms with Crippen LogP contribution in [0.1, 0.15) is 31.7 Å². The summed E-state index contributed by atoms with van der Waals surface area (Å²) in [5.74, 6) is -0.203. The summed E-state index contributed by atoms with van der Waals surface area (Å²) in [6.07, 6.45) is 4.78. The van der Waals surface area contributed by atoms with Crippen LogP contribution in [0.2, 0.25) is 5.02 Å². The van der Waals surface area contributed by atoms with Crippen LogP contribution in [0.15, 0.2) is 66.7 Å². The lowest BCUT2D eigenvalue weighted by Crippen LogP contribution is -1.89. The Morgan fingerprint density at radius 1 is 0.760 bits per heavy atom. The molecule has 0 heterocycles. The third-order valence-electron chi connectivity index (χ3n) is 4.48. The molecule has 0 aliphatic heterocycles. The summed E-state index contributed by atoms with van der Waals surface area (Å²) in [4.78, 5) is 0. The zero-order valence-electron chi connectivity index (χ0n) is 14.4. The molecule has 0 atom stereocenters. The summed E-state index contributed by atoms with van der Waals surface area (Å²) in [6, 6.07) is 21.1. The minimum absolute atomic E-state index is 0.203. The number of unbranched alkanes of at least 4 members (excludes halogenated alkanes) is 2. The Hall–Kier alpha value is -2.12. The summed E-state index contributed by atoms with van der Waals surface area (Å²) >= 11 is 5.91. The molecule has 128 valence electrons. The van der Waals surface area contributed by atoms with Gasteiger partial charge in [0.05, 0.1) is 0 Å². The molecule has 2 heteroatoms. The first-order chi connectivity index (χ1) is 12.2. The van der Waals surface area contributed by atoms with Crippen LogP contribution in [0.25, 0.3) is 22.3 Å². The first-order valence-corrected chi connectivity index (χ1v) is 9.20. The highest BCUT2D eigenvalue weighted by Crippen LogP contribution is 2.29. The largest absolute Gasteiger partial charge is 0.206 e. The lowest BCUT2D eigenvalue weighted by atomic mass is 9.98. The van der Waals surface area contributed by atoms with Gasteiger partial charge in [-0.05, 0) is 53.3 Å². The zero-order valence-corrected chi connectivity index (χ0v) is 15.2. The molecule has 0 saturated carbocycles. The number of halogens is 2.